The molecular formula is C14H23FN2O. The molecule has 1 aromatic rings. The van der Waals surface area contributed by atoms with Crippen molar-refractivity contribution in [2.75, 3.05) is 31.5 Å². The Balaban J connectivity index is 2.47. The Hall–Kier alpha value is -1.13. The summed E-state index contributed by atoms with van der Waals surface area (Å²) < 4.78 is 13.7. The number of aliphatic hydroxyl groups is 1. The van der Waals surface area contributed by atoms with Gasteiger partial charge >= 0.3 is 0 Å². The molecule has 1 aromatic carbocycles. The Kier molecular flexibility index (Phi) is 6.09. The zero-order chi connectivity index (χ0) is 13.5. The van der Waals surface area contributed by atoms with Crippen LogP contribution in [0.5, 0.6) is 0 Å². The van der Waals surface area contributed by atoms with E-state index in [2.05, 4.69) is 24.1 Å². The maximum Gasteiger partial charge on any atom is 0.149 e. The van der Waals surface area contributed by atoms with Gasteiger partial charge < -0.3 is 15.3 Å². The number of anilines is 1. The zero-order valence-electron chi connectivity index (χ0n) is 11.4. The smallest absolute Gasteiger partial charge is 0.149 e. The summed E-state index contributed by atoms with van der Waals surface area (Å²) in [5, 5.41) is 12.8. The van der Waals surface area contributed by atoms with Crippen LogP contribution in [0.4, 0.5) is 10.1 Å². The number of halogens is 1. The molecule has 102 valence electrons. The number of hydrogen-bond acceptors (Lipinski definition) is 3. The van der Waals surface area contributed by atoms with E-state index in [1.54, 1.807) is 25.1 Å². The van der Waals surface area contributed by atoms with Crippen LogP contribution in [-0.4, -0.2) is 42.3 Å². The first-order valence-electron chi connectivity index (χ1n) is 6.47. The van der Waals surface area contributed by atoms with Crippen molar-refractivity contribution >= 4 is 5.69 Å². The molecule has 0 aliphatic heterocycles. The summed E-state index contributed by atoms with van der Waals surface area (Å²) in [6.07, 6.45) is -0.496. The SMILES string of the molecule is CCN(CC)CC(O)CNc1cccc(C)c1F. The molecule has 0 amide bonds. The fourth-order valence-electron chi connectivity index (χ4n) is 1.86. The van der Waals surface area contributed by atoms with E-state index in [-0.39, 0.29) is 5.82 Å². The molecule has 0 saturated heterocycles. The van der Waals surface area contributed by atoms with E-state index >= 15 is 0 Å². The number of benzene rings is 1. The monoisotopic (exact) mass is 254 g/mol. The highest BCUT2D eigenvalue weighted by Crippen LogP contribution is 2.16. The fraction of sp³-hybridized carbons (Fsp3) is 0.571. The molecule has 0 heterocycles. The van der Waals surface area contributed by atoms with Gasteiger partial charge in [-0.1, -0.05) is 26.0 Å². The van der Waals surface area contributed by atoms with E-state index in [9.17, 15) is 9.50 Å². The van der Waals surface area contributed by atoms with E-state index < -0.39 is 6.10 Å². The first kappa shape index (κ1) is 14.9. The van der Waals surface area contributed by atoms with Crippen molar-refractivity contribution in [1.29, 1.82) is 0 Å². The average molecular weight is 254 g/mol. The summed E-state index contributed by atoms with van der Waals surface area (Å²) in [4.78, 5) is 2.14. The van der Waals surface area contributed by atoms with Crippen LogP contribution in [0, 0.1) is 12.7 Å². The van der Waals surface area contributed by atoms with E-state index in [1.165, 1.54) is 0 Å². The summed E-state index contributed by atoms with van der Waals surface area (Å²) in [5.74, 6) is -0.243. The second-order valence-corrected chi connectivity index (χ2v) is 4.46. The van der Waals surface area contributed by atoms with Gasteiger partial charge in [0.2, 0.25) is 0 Å². The van der Waals surface area contributed by atoms with E-state index in [0.29, 0.717) is 24.3 Å². The predicted molar refractivity (Wildman–Crippen MR) is 73.4 cm³/mol. The van der Waals surface area contributed by atoms with Gasteiger partial charge in [0.25, 0.3) is 0 Å². The molecule has 0 aliphatic rings. The van der Waals surface area contributed by atoms with Gasteiger partial charge in [-0.25, -0.2) is 4.39 Å². The summed E-state index contributed by atoms with van der Waals surface area (Å²) >= 11 is 0. The maximum absolute atomic E-state index is 13.7. The van der Waals surface area contributed by atoms with Gasteiger partial charge in [0.1, 0.15) is 5.82 Å². The minimum Gasteiger partial charge on any atom is -0.390 e. The van der Waals surface area contributed by atoms with Crippen LogP contribution in [0.2, 0.25) is 0 Å². The topological polar surface area (TPSA) is 35.5 Å². The molecule has 1 rings (SSSR count). The second kappa shape index (κ2) is 7.34. The van der Waals surface area contributed by atoms with Crippen LogP contribution < -0.4 is 5.32 Å². The number of aryl methyl sites for hydroxylation is 1. The van der Waals surface area contributed by atoms with Crippen LogP contribution in [0.25, 0.3) is 0 Å². The minimum atomic E-state index is -0.496. The van der Waals surface area contributed by atoms with Crippen LogP contribution >= 0.6 is 0 Å². The molecule has 0 bridgehead atoms. The lowest BCUT2D eigenvalue weighted by Crippen LogP contribution is -2.36. The molecule has 0 spiro atoms. The Bertz CT molecular complexity index is 367. The van der Waals surface area contributed by atoms with Crippen molar-refractivity contribution in [3.05, 3.63) is 29.6 Å². The van der Waals surface area contributed by atoms with E-state index in [1.807, 2.05) is 0 Å². The Morgan fingerprint density at radius 1 is 1.33 bits per heavy atom. The van der Waals surface area contributed by atoms with Gasteiger partial charge in [-0.05, 0) is 31.6 Å². The van der Waals surface area contributed by atoms with E-state index in [4.69, 9.17) is 0 Å². The molecule has 18 heavy (non-hydrogen) atoms. The first-order chi connectivity index (χ1) is 8.58. The molecule has 2 N–H and O–H groups in total. The molecule has 0 aliphatic carbocycles. The van der Waals surface area contributed by atoms with Crippen molar-refractivity contribution in [3.63, 3.8) is 0 Å². The first-order valence-corrected chi connectivity index (χ1v) is 6.47. The Morgan fingerprint density at radius 3 is 2.61 bits per heavy atom. The third kappa shape index (κ3) is 4.27. The highest BCUT2D eigenvalue weighted by Gasteiger charge is 2.10. The standard InChI is InChI=1S/C14H23FN2O/c1-4-17(5-2)10-12(18)9-16-13-8-6-7-11(3)14(13)15/h6-8,12,16,18H,4-5,9-10H2,1-3H3. The highest BCUT2D eigenvalue weighted by atomic mass is 19.1. The third-order valence-electron chi connectivity index (χ3n) is 3.08. The molecule has 0 aromatic heterocycles. The Labute approximate surface area is 109 Å². The summed E-state index contributed by atoms with van der Waals surface area (Å²) in [7, 11) is 0. The molecule has 3 nitrogen and oxygen atoms in total. The zero-order valence-corrected chi connectivity index (χ0v) is 11.4. The lowest BCUT2D eigenvalue weighted by Gasteiger charge is -2.22. The molecule has 4 heteroatoms. The quantitative estimate of drug-likeness (QED) is 0.783. The van der Waals surface area contributed by atoms with Crippen molar-refractivity contribution in [2.24, 2.45) is 0 Å². The molecular weight excluding hydrogens is 231 g/mol. The number of likely N-dealkylation sites (N-methyl/N-ethyl adjacent to an activating group) is 1. The average Bonchev–Trinajstić information content (AvgIpc) is 2.37. The maximum atomic E-state index is 13.7. The summed E-state index contributed by atoms with van der Waals surface area (Å²) in [6.45, 7) is 8.63. The molecule has 1 atom stereocenters. The van der Waals surface area contributed by atoms with Gasteiger partial charge in [-0.3, -0.25) is 0 Å². The van der Waals surface area contributed by atoms with Crippen molar-refractivity contribution in [3.8, 4) is 0 Å². The van der Waals surface area contributed by atoms with Gasteiger partial charge in [0, 0.05) is 13.1 Å². The summed E-state index contributed by atoms with van der Waals surface area (Å²) in [6, 6.07) is 5.22. The molecule has 1 unspecified atom stereocenters. The lowest BCUT2D eigenvalue weighted by atomic mass is 10.2. The normalized spacial score (nSPS) is 12.8. The van der Waals surface area contributed by atoms with Gasteiger partial charge in [0.05, 0.1) is 11.8 Å². The molecule has 0 fully saturated rings. The second-order valence-electron chi connectivity index (χ2n) is 4.46. The van der Waals surface area contributed by atoms with E-state index in [0.717, 1.165) is 13.1 Å². The van der Waals surface area contributed by atoms with Crippen molar-refractivity contribution < 1.29 is 9.50 Å². The Morgan fingerprint density at radius 2 is 2.00 bits per heavy atom. The fourth-order valence-corrected chi connectivity index (χ4v) is 1.86. The number of hydrogen-bond donors (Lipinski definition) is 2. The minimum absolute atomic E-state index is 0.243. The predicted octanol–water partition coefficient (Wildman–Crippen LogP) is 2.25. The van der Waals surface area contributed by atoms with Crippen LogP contribution in [0.1, 0.15) is 19.4 Å². The summed E-state index contributed by atoms with van der Waals surface area (Å²) in [5.41, 5.74) is 1.06. The van der Waals surface area contributed by atoms with Gasteiger partial charge in [-0.15, -0.1) is 0 Å². The van der Waals surface area contributed by atoms with Crippen molar-refractivity contribution in [1.82, 2.24) is 4.90 Å². The van der Waals surface area contributed by atoms with Crippen LogP contribution in [0.15, 0.2) is 18.2 Å². The van der Waals surface area contributed by atoms with Crippen LogP contribution in [-0.2, 0) is 0 Å². The van der Waals surface area contributed by atoms with Gasteiger partial charge in [-0.2, -0.15) is 0 Å². The van der Waals surface area contributed by atoms with Crippen molar-refractivity contribution in [2.45, 2.75) is 26.9 Å². The number of aliphatic hydroxyl groups excluding tert-OH is 1. The number of nitrogens with zero attached hydrogens (tertiary/aromatic N) is 1. The highest BCUT2D eigenvalue weighted by molar-refractivity contribution is 5.47. The number of nitrogens with one attached hydrogen (secondary N) is 1. The molecule has 0 radical (unpaired) electrons. The largest absolute Gasteiger partial charge is 0.390 e. The third-order valence-corrected chi connectivity index (χ3v) is 3.08. The van der Waals surface area contributed by atoms with Gasteiger partial charge in [0.15, 0.2) is 0 Å². The number of rotatable bonds is 7. The molecule has 0 saturated carbocycles. The lowest BCUT2D eigenvalue weighted by molar-refractivity contribution is 0.128. The van der Waals surface area contributed by atoms with Crippen LogP contribution in [0.3, 0.4) is 0 Å².